The molecule has 1 aliphatic heterocycles. The third-order valence-corrected chi connectivity index (χ3v) is 4.13. The van der Waals surface area contributed by atoms with Gasteiger partial charge in [-0.1, -0.05) is 13.8 Å². The summed E-state index contributed by atoms with van der Waals surface area (Å²) in [4.78, 5) is 37.1. The van der Waals surface area contributed by atoms with E-state index >= 15 is 0 Å². The zero-order valence-corrected chi connectivity index (χ0v) is 13.3. The van der Waals surface area contributed by atoms with Crippen molar-refractivity contribution >= 4 is 35.2 Å². The van der Waals surface area contributed by atoms with Crippen LogP contribution >= 0.6 is 11.8 Å². The van der Waals surface area contributed by atoms with Gasteiger partial charge in [0.15, 0.2) is 0 Å². The molecule has 0 unspecified atom stereocenters. The fourth-order valence-electron chi connectivity index (χ4n) is 2.22. The molecular formula is C15H18N2O4S. The van der Waals surface area contributed by atoms with E-state index in [1.54, 1.807) is 18.2 Å². The fraction of sp³-hybridized carbons (Fsp3) is 0.400. The lowest BCUT2D eigenvalue weighted by Crippen LogP contribution is -2.38. The Balaban J connectivity index is 2.24. The van der Waals surface area contributed by atoms with Crippen LogP contribution in [0, 0.1) is 5.92 Å². The van der Waals surface area contributed by atoms with Crippen LogP contribution in [0.1, 0.15) is 24.2 Å². The second kappa shape index (κ2) is 6.83. The predicted molar refractivity (Wildman–Crippen MR) is 84.2 cm³/mol. The number of carbonyl (C=O) groups excluding carboxylic acids is 2. The van der Waals surface area contributed by atoms with Gasteiger partial charge in [-0.25, -0.2) is 0 Å². The van der Waals surface area contributed by atoms with Gasteiger partial charge in [-0.2, -0.15) is 0 Å². The summed E-state index contributed by atoms with van der Waals surface area (Å²) in [7, 11) is 0. The zero-order valence-electron chi connectivity index (χ0n) is 12.5. The maximum atomic E-state index is 12.5. The third kappa shape index (κ3) is 4.00. The number of aliphatic carboxylic acids is 1. The summed E-state index contributed by atoms with van der Waals surface area (Å²) in [5.74, 6) is -0.971. The highest BCUT2D eigenvalue weighted by Crippen LogP contribution is 2.32. The van der Waals surface area contributed by atoms with Crippen LogP contribution in [0.15, 0.2) is 23.1 Å². The minimum atomic E-state index is -1.05. The highest BCUT2D eigenvalue weighted by atomic mass is 32.2. The molecule has 0 spiro atoms. The number of thioether (sulfide) groups is 1. The van der Waals surface area contributed by atoms with E-state index in [0.717, 1.165) is 4.90 Å². The third-order valence-electron chi connectivity index (χ3n) is 3.06. The van der Waals surface area contributed by atoms with Crippen LogP contribution in [0.4, 0.5) is 5.69 Å². The summed E-state index contributed by atoms with van der Waals surface area (Å²) in [6.45, 7) is 3.87. The normalized spacial score (nSPS) is 13.5. The first kappa shape index (κ1) is 16.4. The number of carbonyl (C=O) groups is 3. The van der Waals surface area contributed by atoms with Gasteiger partial charge in [0, 0.05) is 17.0 Å². The van der Waals surface area contributed by atoms with Crippen LogP contribution in [0.2, 0.25) is 0 Å². The van der Waals surface area contributed by atoms with Gasteiger partial charge < -0.3 is 15.3 Å². The van der Waals surface area contributed by atoms with Crippen LogP contribution in [0.25, 0.3) is 0 Å². The molecule has 0 fully saturated rings. The summed E-state index contributed by atoms with van der Waals surface area (Å²) in [6, 6.07) is 5.05. The molecule has 2 rings (SSSR count). The SMILES string of the molecule is CC(C)CN(CC(=O)O)C(=O)c1ccc2c(c1)NC(=O)CS2. The molecule has 0 bridgehead atoms. The number of carboxylic acids is 1. The van der Waals surface area contributed by atoms with Crippen molar-refractivity contribution in [3.05, 3.63) is 23.8 Å². The molecule has 2 amide bonds. The Morgan fingerprint density at radius 2 is 2.14 bits per heavy atom. The Labute approximate surface area is 132 Å². The summed E-state index contributed by atoms with van der Waals surface area (Å²) in [5, 5.41) is 11.7. The number of nitrogens with zero attached hydrogens (tertiary/aromatic N) is 1. The Morgan fingerprint density at radius 3 is 2.77 bits per heavy atom. The first-order valence-corrected chi connectivity index (χ1v) is 7.93. The van der Waals surface area contributed by atoms with Gasteiger partial charge in [0.05, 0.1) is 11.4 Å². The molecule has 7 heteroatoms. The number of nitrogens with one attached hydrogen (secondary N) is 1. The van der Waals surface area contributed by atoms with E-state index in [0.29, 0.717) is 23.5 Å². The van der Waals surface area contributed by atoms with Crippen molar-refractivity contribution in [1.82, 2.24) is 4.90 Å². The second-order valence-electron chi connectivity index (χ2n) is 5.52. The van der Waals surface area contributed by atoms with Crippen LogP contribution < -0.4 is 5.32 Å². The van der Waals surface area contributed by atoms with Crippen molar-refractivity contribution < 1.29 is 19.5 Å². The zero-order chi connectivity index (χ0) is 16.3. The van der Waals surface area contributed by atoms with E-state index < -0.39 is 5.97 Å². The van der Waals surface area contributed by atoms with Crippen LogP contribution in [0.5, 0.6) is 0 Å². The van der Waals surface area contributed by atoms with E-state index in [9.17, 15) is 14.4 Å². The number of hydrogen-bond acceptors (Lipinski definition) is 4. The van der Waals surface area contributed by atoms with Gasteiger partial charge in [-0.05, 0) is 24.1 Å². The quantitative estimate of drug-likeness (QED) is 0.865. The Morgan fingerprint density at radius 1 is 1.41 bits per heavy atom. The molecule has 6 nitrogen and oxygen atoms in total. The number of fused-ring (bicyclic) bond motifs is 1. The molecule has 0 atom stereocenters. The van der Waals surface area contributed by atoms with E-state index in [1.165, 1.54) is 16.7 Å². The number of carboxylic acid groups (broad SMARTS) is 1. The topological polar surface area (TPSA) is 86.7 Å². The second-order valence-corrected chi connectivity index (χ2v) is 6.54. The van der Waals surface area contributed by atoms with Crippen LogP contribution in [-0.4, -0.2) is 46.6 Å². The lowest BCUT2D eigenvalue weighted by molar-refractivity contribution is -0.137. The van der Waals surface area contributed by atoms with E-state index in [4.69, 9.17) is 5.11 Å². The smallest absolute Gasteiger partial charge is 0.323 e. The highest BCUT2D eigenvalue weighted by molar-refractivity contribution is 8.00. The first-order chi connectivity index (χ1) is 10.4. The van der Waals surface area contributed by atoms with Crippen molar-refractivity contribution in [2.24, 2.45) is 5.92 Å². The van der Waals surface area contributed by atoms with Crippen molar-refractivity contribution in [2.75, 3.05) is 24.2 Å². The number of anilines is 1. The molecule has 0 saturated carbocycles. The lowest BCUT2D eigenvalue weighted by Gasteiger charge is -2.24. The van der Waals surface area contributed by atoms with Crippen molar-refractivity contribution in [3.63, 3.8) is 0 Å². The fourth-order valence-corrected chi connectivity index (χ4v) is 3.01. The molecule has 1 heterocycles. The van der Waals surface area contributed by atoms with Gasteiger partial charge in [-0.15, -0.1) is 11.8 Å². The molecule has 0 aliphatic carbocycles. The van der Waals surface area contributed by atoms with Crippen molar-refractivity contribution in [3.8, 4) is 0 Å². The molecule has 118 valence electrons. The molecule has 1 aromatic carbocycles. The minimum Gasteiger partial charge on any atom is -0.480 e. The Hall–Kier alpha value is -2.02. The average Bonchev–Trinajstić information content (AvgIpc) is 2.44. The first-order valence-electron chi connectivity index (χ1n) is 6.94. The molecular weight excluding hydrogens is 304 g/mol. The van der Waals surface area contributed by atoms with E-state index in [2.05, 4.69) is 5.32 Å². The van der Waals surface area contributed by atoms with E-state index in [-0.39, 0.29) is 24.3 Å². The van der Waals surface area contributed by atoms with Crippen LogP contribution in [0.3, 0.4) is 0 Å². The molecule has 22 heavy (non-hydrogen) atoms. The van der Waals surface area contributed by atoms with Gasteiger partial charge >= 0.3 is 5.97 Å². The Kier molecular flexibility index (Phi) is 5.07. The summed E-state index contributed by atoms with van der Waals surface area (Å²) in [6.07, 6.45) is 0. The standard InChI is InChI=1S/C15H18N2O4S/c1-9(2)6-17(7-14(19)20)15(21)10-3-4-12-11(5-10)16-13(18)8-22-12/h3-5,9H,6-8H2,1-2H3,(H,16,18)(H,19,20). The van der Waals surface area contributed by atoms with Gasteiger partial charge in [0.1, 0.15) is 6.54 Å². The summed E-state index contributed by atoms with van der Waals surface area (Å²) < 4.78 is 0. The van der Waals surface area contributed by atoms with Gasteiger partial charge in [-0.3, -0.25) is 14.4 Å². The Bertz CT molecular complexity index is 616. The molecule has 0 radical (unpaired) electrons. The van der Waals surface area contributed by atoms with Gasteiger partial charge in [0.25, 0.3) is 5.91 Å². The predicted octanol–water partition coefficient (Wildman–Crippen LogP) is 1.91. The summed E-state index contributed by atoms with van der Waals surface area (Å²) >= 11 is 1.42. The molecule has 1 aliphatic rings. The van der Waals surface area contributed by atoms with Gasteiger partial charge in [0.2, 0.25) is 5.91 Å². The molecule has 0 saturated heterocycles. The number of rotatable bonds is 5. The van der Waals surface area contributed by atoms with E-state index in [1.807, 2.05) is 13.8 Å². The maximum absolute atomic E-state index is 12.5. The van der Waals surface area contributed by atoms with Crippen molar-refractivity contribution in [1.29, 1.82) is 0 Å². The number of hydrogen-bond donors (Lipinski definition) is 2. The van der Waals surface area contributed by atoms with Crippen molar-refractivity contribution in [2.45, 2.75) is 18.7 Å². The molecule has 2 N–H and O–H groups in total. The largest absolute Gasteiger partial charge is 0.480 e. The maximum Gasteiger partial charge on any atom is 0.323 e. The van der Waals surface area contributed by atoms with Crippen LogP contribution in [-0.2, 0) is 9.59 Å². The average molecular weight is 322 g/mol. The molecule has 0 aromatic heterocycles. The minimum absolute atomic E-state index is 0.105. The highest BCUT2D eigenvalue weighted by Gasteiger charge is 2.22. The monoisotopic (exact) mass is 322 g/mol. The lowest BCUT2D eigenvalue weighted by atomic mass is 10.1. The summed E-state index contributed by atoms with van der Waals surface area (Å²) in [5.41, 5.74) is 0.982. The molecule has 1 aromatic rings. The number of amides is 2. The number of benzene rings is 1.